The summed E-state index contributed by atoms with van der Waals surface area (Å²) in [6.07, 6.45) is 1.43. The van der Waals surface area contributed by atoms with Gasteiger partial charge < -0.3 is 19.6 Å². The number of benzene rings is 1. The zero-order valence-corrected chi connectivity index (χ0v) is 18.8. The summed E-state index contributed by atoms with van der Waals surface area (Å²) in [5.74, 6) is 0.340. The van der Waals surface area contributed by atoms with Crippen molar-refractivity contribution < 1.29 is 18.9 Å². The fourth-order valence-electron chi connectivity index (χ4n) is 4.36. The monoisotopic (exact) mass is 439 g/mol. The minimum absolute atomic E-state index is 0.00452. The van der Waals surface area contributed by atoms with E-state index >= 15 is 0 Å². The lowest BCUT2D eigenvalue weighted by Crippen LogP contribution is -2.45. The van der Waals surface area contributed by atoms with Crippen LogP contribution in [0.15, 0.2) is 22.7 Å². The predicted molar refractivity (Wildman–Crippen MR) is 117 cm³/mol. The molecule has 3 heterocycles. The number of rotatable bonds is 5. The maximum Gasteiger partial charge on any atom is 0.246 e. The molecule has 2 aliphatic heterocycles. The van der Waals surface area contributed by atoms with Gasteiger partial charge in [-0.1, -0.05) is 11.2 Å². The van der Waals surface area contributed by atoms with E-state index in [1.807, 2.05) is 32.0 Å². The molecule has 0 aliphatic carbocycles. The molecule has 9 heteroatoms. The predicted octanol–water partition coefficient (Wildman–Crippen LogP) is 1.90. The Morgan fingerprint density at radius 2 is 1.88 bits per heavy atom. The van der Waals surface area contributed by atoms with Gasteiger partial charge in [0.15, 0.2) is 5.82 Å². The van der Waals surface area contributed by atoms with E-state index in [4.69, 9.17) is 4.52 Å². The highest BCUT2D eigenvalue weighted by atomic mass is 16.5. The molecule has 1 N–H and O–H groups in total. The van der Waals surface area contributed by atoms with Gasteiger partial charge in [0.25, 0.3) is 0 Å². The number of amides is 3. The van der Waals surface area contributed by atoms with Crippen LogP contribution in [0.5, 0.6) is 0 Å². The van der Waals surface area contributed by atoms with E-state index in [0.29, 0.717) is 44.2 Å². The van der Waals surface area contributed by atoms with Crippen molar-refractivity contribution >= 4 is 23.4 Å². The summed E-state index contributed by atoms with van der Waals surface area (Å²) in [7, 11) is 0. The third-order valence-corrected chi connectivity index (χ3v) is 6.44. The van der Waals surface area contributed by atoms with Crippen molar-refractivity contribution in [2.45, 2.75) is 46.6 Å². The van der Waals surface area contributed by atoms with Gasteiger partial charge in [0, 0.05) is 37.7 Å². The average Bonchev–Trinajstić information content (AvgIpc) is 3.39. The highest BCUT2D eigenvalue weighted by molar-refractivity contribution is 6.00. The van der Waals surface area contributed by atoms with Gasteiger partial charge in [0.1, 0.15) is 0 Å². The van der Waals surface area contributed by atoms with Crippen LogP contribution in [0.4, 0.5) is 5.69 Å². The lowest BCUT2D eigenvalue weighted by Gasteiger charge is -2.32. The van der Waals surface area contributed by atoms with Gasteiger partial charge in [-0.3, -0.25) is 14.4 Å². The average molecular weight is 440 g/mol. The van der Waals surface area contributed by atoms with Gasteiger partial charge in [-0.15, -0.1) is 0 Å². The minimum atomic E-state index is -0.338. The number of aryl methyl sites for hydroxylation is 3. The van der Waals surface area contributed by atoms with Crippen LogP contribution in [0.25, 0.3) is 0 Å². The molecule has 9 nitrogen and oxygen atoms in total. The molecule has 0 saturated carbocycles. The number of hydrogen-bond acceptors (Lipinski definition) is 6. The number of nitrogens with zero attached hydrogens (tertiary/aromatic N) is 4. The Hall–Kier alpha value is -3.23. The van der Waals surface area contributed by atoms with Crippen LogP contribution >= 0.6 is 0 Å². The van der Waals surface area contributed by atoms with Crippen molar-refractivity contribution in [1.82, 2.24) is 20.4 Å². The topological polar surface area (TPSA) is 109 Å². The van der Waals surface area contributed by atoms with Crippen LogP contribution in [-0.4, -0.2) is 52.4 Å². The summed E-state index contributed by atoms with van der Waals surface area (Å²) >= 11 is 0. The van der Waals surface area contributed by atoms with Crippen LogP contribution in [0.2, 0.25) is 0 Å². The summed E-state index contributed by atoms with van der Waals surface area (Å²) in [5, 5.41) is 6.53. The van der Waals surface area contributed by atoms with E-state index in [1.165, 1.54) is 5.56 Å². The number of likely N-dealkylation sites (tertiary alicyclic amines) is 1. The molecule has 2 aliphatic rings. The fraction of sp³-hybridized carbons (Fsp3) is 0.522. The first kappa shape index (κ1) is 22.0. The van der Waals surface area contributed by atoms with E-state index in [9.17, 15) is 14.4 Å². The van der Waals surface area contributed by atoms with Crippen LogP contribution in [0.3, 0.4) is 0 Å². The van der Waals surface area contributed by atoms with Crippen molar-refractivity contribution in [3.8, 4) is 0 Å². The normalized spacial score (nSPS) is 19.5. The molecule has 1 aromatic heterocycles. The van der Waals surface area contributed by atoms with E-state index in [2.05, 4.69) is 15.5 Å². The molecule has 2 aromatic rings. The third kappa shape index (κ3) is 4.66. The van der Waals surface area contributed by atoms with E-state index in [0.717, 1.165) is 11.3 Å². The van der Waals surface area contributed by atoms with Crippen LogP contribution < -0.4 is 10.2 Å². The van der Waals surface area contributed by atoms with E-state index in [-0.39, 0.29) is 42.5 Å². The first-order valence-corrected chi connectivity index (χ1v) is 11.0. The van der Waals surface area contributed by atoms with Crippen LogP contribution in [-0.2, 0) is 20.9 Å². The molecule has 2 fully saturated rings. The molecule has 1 atom stereocenters. The smallest absolute Gasteiger partial charge is 0.246 e. The van der Waals surface area contributed by atoms with Crippen LogP contribution in [0.1, 0.15) is 42.1 Å². The Bertz CT molecular complexity index is 1030. The van der Waals surface area contributed by atoms with E-state index in [1.54, 1.807) is 16.7 Å². The lowest BCUT2D eigenvalue weighted by molar-refractivity contribution is -0.139. The number of hydrogen-bond donors (Lipinski definition) is 1. The zero-order valence-electron chi connectivity index (χ0n) is 18.8. The van der Waals surface area contributed by atoms with Crippen LogP contribution in [0, 0.1) is 32.6 Å². The second-order valence-corrected chi connectivity index (χ2v) is 8.73. The molecule has 170 valence electrons. The molecular formula is C23H29N5O4. The highest BCUT2D eigenvalue weighted by Crippen LogP contribution is 2.29. The summed E-state index contributed by atoms with van der Waals surface area (Å²) < 4.78 is 5.01. The maximum atomic E-state index is 13.1. The SMILES string of the molecule is Cc1noc(CNC(=O)C2CCN(C(=O)C3CC(=O)N(c4ccc(C)c(C)c4)C3)CC2)n1. The summed E-state index contributed by atoms with van der Waals surface area (Å²) in [6, 6.07) is 5.94. The van der Waals surface area contributed by atoms with Crippen molar-refractivity contribution in [3.63, 3.8) is 0 Å². The quantitative estimate of drug-likeness (QED) is 0.762. The van der Waals surface area contributed by atoms with Gasteiger partial charge in [-0.2, -0.15) is 4.98 Å². The third-order valence-electron chi connectivity index (χ3n) is 6.44. The second-order valence-electron chi connectivity index (χ2n) is 8.73. The number of carbonyl (C=O) groups is 3. The number of piperidine rings is 1. The maximum absolute atomic E-state index is 13.1. The first-order valence-electron chi connectivity index (χ1n) is 11.0. The van der Waals surface area contributed by atoms with Gasteiger partial charge in [0.2, 0.25) is 23.6 Å². The van der Waals surface area contributed by atoms with Gasteiger partial charge in [-0.25, -0.2) is 0 Å². The second kappa shape index (κ2) is 9.10. The number of carbonyl (C=O) groups excluding carboxylic acids is 3. The molecule has 3 amide bonds. The standard InChI is InChI=1S/C23H29N5O4/c1-14-4-5-19(10-15(14)2)28-13-18(11-21(28)29)23(31)27-8-6-17(7-9-27)22(30)24-12-20-25-16(3)26-32-20/h4-5,10,17-18H,6-9,11-13H2,1-3H3,(H,24,30). The molecule has 0 spiro atoms. The zero-order chi connectivity index (χ0) is 22.8. The number of aromatic nitrogens is 2. The Morgan fingerprint density at radius 1 is 1.12 bits per heavy atom. The summed E-state index contributed by atoms with van der Waals surface area (Å²) in [5.41, 5.74) is 3.15. The van der Waals surface area contributed by atoms with Crippen molar-refractivity contribution in [2.24, 2.45) is 11.8 Å². The summed E-state index contributed by atoms with van der Waals surface area (Å²) in [4.78, 5) is 45.7. The molecule has 32 heavy (non-hydrogen) atoms. The molecule has 1 unspecified atom stereocenters. The Kier molecular flexibility index (Phi) is 6.25. The van der Waals surface area contributed by atoms with Crippen molar-refractivity contribution in [3.05, 3.63) is 41.0 Å². The Labute approximate surface area is 187 Å². The van der Waals surface area contributed by atoms with Gasteiger partial charge >= 0.3 is 0 Å². The summed E-state index contributed by atoms with van der Waals surface area (Å²) in [6.45, 7) is 7.43. The lowest BCUT2D eigenvalue weighted by atomic mass is 9.94. The van der Waals surface area contributed by atoms with Crippen molar-refractivity contribution in [1.29, 1.82) is 0 Å². The number of nitrogens with one attached hydrogen (secondary N) is 1. The number of anilines is 1. The van der Waals surface area contributed by atoms with Gasteiger partial charge in [0.05, 0.1) is 12.5 Å². The van der Waals surface area contributed by atoms with E-state index < -0.39 is 0 Å². The molecule has 0 bridgehead atoms. The molecule has 0 radical (unpaired) electrons. The Balaban J connectivity index is 1.28. The fourth-order valence-corrected chi connectivity index (χ4v) is 4.36. The molecule has 4 rings (SSSR count). The molecular weight excluding hydrogens is 410 g/mol. The van der Waals surface area contributed by atoms with Crippen molar-refractivity contribution in [2.75, 3.05) is 24.5 Å². The highest BCUT2D eigenvalue weighted by Gasteiger charge is 2.38. The Morgan fingerprint density at radius 3 is 2.53 bits per heavy atom. The van der Waals surface area contributed by atoms with Gasteiger partial charge in [-0.05, 0) is 56.9 Å². The largest absolute Gasteiger partial charge is 0.347 e. The molecule has 1 aromatic carbocycles. The first-order chi connectivity index (χ1) is 15.3. The molecule has 2 saturated heterocycles. The minimum Gasteiger partial charge on any atom is -0.347 e.